The number of aryl methyl sites for hydroxylation is 1. The van der Waals surface area contributed by atoms with E-state index in [0.29, 0.717) is 0 Å². The number of nitrogens with one attached hydrogen (secondary N) is 2. The molecule has 0 aliphatic heterocycles. The van der Waals surface area contributed by atoms with Gasteiger partial charge in [-0.1, -0.05) is 0 Å². The first kappa shape index (κ1) is 13.7. The Balaban J connectivity index is 2.33. The molecule has 20 heavy (non-hydrogen) atoms. The van der Waals surface area contributed by atoms with Gasteiger partial charge in [0.05, 0.1) is 18.4 Å². The summed E-state index contributed by atoms with van der Waals surface area (Å²) in [6.07, 6.45) is -0.586. The van der Waals surface area contributed by atoms with Crippen LogP contribution in [-0.4, -0.2) is 44.7 Å². The van der Waals surface area contributed by atoms with Crippen LogP contribution in [0.25, 0.3) is 11.1 Å². The van der Waals surface area contributed by atoms with Crippen molar-refractivity contribution >= 4 is 23.0 Å². The maximum Gasteiger partial charge on any atom is 0.334 e. The molecule has 9 heteroatoms. The van der Waals surface area contributed by atoms with Gasteiger partial charge >= 0.3 is 5.97 Å². The molecule has 0 aliphatic carbocycles. The van der Waals surface area contributed by atoms with Gasteiger partial charge in [0.15, 0.2) is 6.10 Å². The van der Waals surface area contributed by atoms with Crippen LogP contribution in [-0.2, 0) is 4.79 Å². The fraction of sp³-hybridized carbons (Fsp3) is 0.273. The number of hydrogen-bond donors (Lipinski definition) is 4. The zero-order chi connectivity index (χ0) is 14.9. The van der Waals surface area contributed by atoms with Crippen molar-refractivity contribution in [2.75, 3.05) is 6.54 Å². The van der Waals surface area contributed by atoms with Crippen molar-refractivity contribution in [1.82, 2.24) is 15.3 Å². The van der Waals surface area contributed by atoms with E-state index in [1.54, 1.807) is 0 Å². The minimum atomic E-state index is -1.73. The lowest BCUT2D eigenvalue weighted by Gasteiger charge is -2.07. The number of aliphatic hydroxyl groups excluding tert-OH is 1. The molecular formula is C11H11N3O6. The van der Waals surface area contributed by atoms with Crippen LogP contribution in [0.5, 0.6) is 0 Å². The number of furan rings is 1. The van der Waals surface area contributed by atoms with Gasteiger partial charge in [0.1, 0.15) is 11.1 Å². The van der Waals surface area contributed by atoms with Crippen molar-refractivity contribution in [2.24, 2.45) is 0 Å². The van der Waals surface area contributed by atoms with Gasteiger partial charge < -0.3 is 24.9 Å². The van der Waals surface area contributed by atoms with Crippen molar-refractivity contribution in [1.29, 1.82) is 0 Å². The maximum atomic E-state index is 12.0. The highest BCUT2D eigenvalue weighted by molar-refractivity contribution is 6.06. The highest BCUT2D eigenvalue weighted by Crippen LogP contribution is 2.20. The monoisotopic (exact) mass is 281 g/mol. The predicted octanol–water partition coefficient (Wildman–Crippen LogP) is -1.00. The highest BCUT2D eigenvalue weighted by atomic mass is 16.4. The molecule has 0 aliphatic rings. The van der Waals surface area contributed by atoms with Crippen LogP contribution in [0, 0.1) is 6.92 Å². The van der Waals surface area contributed by atoms with Gasteiger partial charge in [0, 0.05) is 0 Å². The van der Waals surface area contributed by atoms with E-state index in [1.807, 2.05) is 0 Å². The molecule has 106 valence electrons. The van der Waals surface area contributed by atoms with Gasteiger partial charge in [-0.05, 0) is 6.92 Å². The zero-order valence-corrected chi connectivity index (χ0v) is 10.3. The van der Waals surface area contributed by atoms with E-state index < -0.39 is 30.1 Å². The third kappa shape index (κ3) is 2.38. The quantitative estimate of drug-likeness (QED) is 0.562. The normalized spacial score (nSPS) is 12.3. The lowest BCUT2D eigenvalue weighted by atomic mass is 10.2. The lowest BCUT2D eigenvalue weighted by molar-refractivity contribution is -0.146. The number of carboxylic acid groups (broad SMARTS) is 1. The summed E-state index contributed by atoms with van der Waals surface area (Å²) in [5, 5.41) is 19.8. The molecule has 2 aromatic heterocycles. The van der Waals surface area contributed by atoms with E-state index in [4.69, 9.17) is 14.6 Å². The lowest BCUT2D eigenvalue weighted by Crippen LogP contribution is -2.36. The van der Waals surface area contributed by atoms with Gasteiger partial charge in [0.25, 0.3) is 11.5 Å². The van der Waals surface area contributed by atoms with Crippen molar-refractivity contribution in [3.05, 3.63) is 28.0 Å². The standard InChI is InChI=1S/C11H11N3O6/c1-4-6(8(16)12-2-5(15)11(18)19)7-9(17)13-3-14-10(7)20-4/h3,5,15H,2H2,1H3,(H,12,16)(H,18,19)(H,13,14,17). The fourth-order valence-electron chi connectivity index (χ4n) is 1.69. The number of aromatic amines is 1. The number of carbonyl (C=O) groups excluding carboxylic acids is 1. The molecule has 0 saturated carbocycles. The first-order chi connectivity index (χ1) is 9.41. The van der Waals surface area contributed by atoms with E-state index in [-0.39, 0.29) is 22.4 Å². The minimum Gasteiger partial charge on any atom is -0.479 e. The Morgan fingerprint density at radius 1 is 1.55 bits per heavy atom. The predicted molar refractivity (Wildman–Crippen MR) is 65.3 cm³/mol. The molecule has 2 rings (SSSR count). The van der Waals surface area contributed by atoms with Crippen LogP contribution in [0.1, 0.15) is 16.1 Å². The van der Waals surface area contributed by atoms with Gasteiger partial charge in [-0.15, -0.1) is 0 Å². The molecule has 2 aromatic rings. The molecule has 0 bridgehead atoms. The van der Waals surface area contributed by atoms with Crippen molar-refractivity contribution < 1.29 is 24.2 Å². The molecule has 1 atom stereocenters. The van der Waals surface area contributed by atoms with Crippen LogP contribution in [0.3, 0.4) is 0 Å². The Morgan fingerprint density at radius 2 is 2.25 bits per heavy atom. The van der Waals surface area contributed by atoms with Crippen LogP contribution >= 0.6 is 0 Å². The third-order valence-corrected chi connectivity index (χ3v) is 2.64. The molecule has 0 spiro atoms. The van der Waals surface area contributed by atoms with Crippen LogP contribution in [0.4, 0.5) is 0 Å². The Bertz CT molecular complexity index is 731. The SMILES string of the molecule is Cc1oc2nc[nH]c(=O)c2c1C(=O)NCC(O)C(=O)O. The molecule has 9 nitrogen and oxygen atoms in total. The van der Waals surface area contributed by atoms with Gasteiger partial charge in [-0.25, -0.2) is 9.78 Å². The summed E-state index contributed by atoms with van der Waals surface area (Å²) < 4.78 is 5.18. The molecule has 0 aromatic carbocycles. The summed E-state index contributed by atoms with van der Waals surface area (Å²) in [5.74, 6) is -2.01. The largest absolute Gasteiger partial charge is 0.479 e. The van der Waals surface area contributed by atoms with E-state index in [1.165, 1.54) is 6.92 Å². The fourth-order valence-corrected chi connectivity index (χ4v) is 1.69. The van der Waals surface area contributed by atoms with Crippen molar-refractivity contribution in [3.8, 4) is 0 Å². The Labute approximate surface area is 111 Å². The molecule has 1 amide bonds. The van der Waals surface area contributed by atoms with E-state index in [9.17, 15) is 14.4 Å². The van der Waals surface area contributed by atoms with E-state index in [2.05, 4.69) is 15.3 Å². The first-order valence-corrected chi connectivity index (χ1v) is 5.57. The number of nitrogens with zero attached hydrogens (tertiary/aromatic N) is 1. The smallest absolute Gasteiger partial charge is 0.334 e. The molecule has 1 unspecified atom stereocenters. The summed E-state index contributed by atoms with van der Waals surface area (Å²) in [5.41, 5.74) is -0.571. The Kier molecular flexibility index (Phi) is 3.53. The number of amides is 1. The van der Waals surface area contributed by atoms with E-state index in [0.717, 1.165) is 6.33 Å². The number of rotatable bonds is 4. The minimum absolute atomic E-state index is 0.00943. The number of aliphatic hydroxyl groups is 1. The molecule has 0 radical (unpaired) electrons. The van der Waals surface area contributed by atoms with Crippen LogP contribution in [0.2, 0.25) is 0 Å². The molecule has 2 heterocycles. The number of H-pyrrole nitrogens is 1. The number of carbonyl (C=O) groups is 2. The second-order valence-electron chi connectivity index (χ2n) is 4.01. The van der Waals surface area contributed by atoms with Gasteiger partial charge in [-0.3, -0.25) is 9.59 Å². The topological polar surface area (TPSA) is 146 Å². The molecule has 4 N–H and O–H groups in total. The summed E-state index contributed by atoms with van der Waals surface area (Å²) >= 11 is 0. The van der Waals surface area contributed by atoms with Crippen molar-refractivity contribution in [2.45, 2.75) is 13.0 Å². The maximum absolute atomic E-state index is 12.0. The number of fused-ring (bicyclic) bond motifs is 1. The van der Waals surface area contributed by atoms with Crippen molar-refractivity contribution in [3.63, 3.8) is 0 Å². The summed E-state index contributed by atoms with van der Waals surface area (Å²) in [6, 6.07) is 0. The van der Waals surface area contributed by atoms with Crippen LogP contribution < -0.4 is 10.9 Å². The summed E-state index contributed by atoms with van der Waals surface area (Å²) in [4.78, 5) is 40.2. The number of hydrogen-bond acceptors (Lipinski definition) is 6. The molecule has 0 saturated heterocycles. The third-order valence-electron chi connectivity index (χ3n) is 2.64. The second-order valence-corrected chi connectivity index (χ2v) is 4.01. The molecular weight excluding hydrogens is 270 g/mol. The van der Waals surface area contributed by atoms with E-state index >= 15 is 0 Å². The summed E-state index contributed by atoms with van der Waals surface area (Å²) in [7, 11) is 0. The Hall–Kier alpha value is -2.68. The number of aromatic nitrogens is 2. The summed E-state index contributed by atoms with van der Waals surface area (Å²) in [6.45, 7) is 0.988. The second kappa shape index (κ2) is 5.13. The molecule has 0 fully saturated rings. The number of aliphatic carboxylic acids is 1. The Morgan fingerprint density at radius 3 is 2.90 bits per heavy atom. The van der Waals surface area contributed by atoms with Gasteiger partial charge in [-0.2, -0.15) is 0 Å². The zero-order valence-electron chi connectivity index (χ0n) is 10.3. The highest BCUT2D eigenvalue weighted by Gasteiger charge is 2.23. The van der Waals surface area contributed by atoms with Crippen LogP contribution in [0.15, 0.2) is 15.5 Å². The average molecular weight is 281 g/mol. The first-order valence-electron chi connectivity index (χ1n) is 5.57. The number of carboxylic acids is 1. The average Bonchev–Trinajstić information content (AvgIpc) is 2.73. The van der Waals surface area contributed by atoms with Gasteiger partial charge in [0.2, 0.25) is 5.71 Å².